The molecule has 1 aromatic rings. The molecule has 1 aliphatic rings. The van der Waals surface area contributed by atoms with Gasteiger partial charge >= 0.3 is 0 Å². The zero-order valence-electron chi connectivity index (χ0n) is 11.5. The molecule has 0 aromatic carbocycles. The number of hydrogen-bond donors (Lipinski definition) is 2. The molecule has 1 heterocycles. The molecular weight excluding hydrogens is 224 g/mol. The first kappa shape index (κ1) is 13.6. The number of aryl methyl sites for hydroxylation is 2. The first-order valence-corrected chi connectivity index (χ1v) is 7.38. The number of aliphatic hydroxyl groups is 1. The van der Waals surface area contributed by atoms with Crippen molar-refractivity contribution in [2.75, 3.05) is 13.2 Å². The van der Waals surface area contributed by atoms with Crippen LogP contribution in [0.15, 0.2) is 12.4 Å². The summed E-state index contributed by atoms with van der Waals surface area (Å²) in [6.45, 7) is 4.54. The maximum absolute atomic E-state index is 8.92. The summed E-state index contributed by atoms with van der Waals surface area (Å²) in [6, 6.07) is 0.540. The normalized spacial score (nSPS) is 19.6. The van der Waals surface area contributed by atoms with E-state index in [0.29, 0.717) is 6.04 Å². The van der Waals surface area contributed by atoms with Gasteiger partial charge < -0.3 is 15.0 Å². The van der Waals surface area contributed by atoms with Gasteiger partial charge in [-0.2, -0.15) is 0 Å². The molecule has 102 valence electrons. The van der Waals surface area contributed by atoms with Gasteiger partial charge in [-0.1, -0.05) is 13.3 Å². The lowest BCUT2D eigenvalue weighted by Gasteiger charge is -2.16. The summed E-state index contributed by atoms with van der Waals surface area (Å²) >= 11 is 0. The maximum atomic E-state index is 8.92. The van der Waals surface area contributed by atoms with E-state index in [9.17, 15) is 0 Å². The molecule has 0 fully saturated rings. The monoisotopic (exact) mass is 250 g/mol. The van der Waals surface area contributed by atoms with E-state index < -0.39 is 0 Å². The molecule has 0 amide bonds. The van der Waals surface area contributed by atoms with Crippen molar-refractivity contribution in [3.63, 3.8) is 0 Å². The third-order valence-electron chi connectivity index (χ3n) is 3.78. The van der Waals surface area contributed by atoms with Gasteiger partial charge in [0, 0.05) is 31.6 Å². The van der Waals surface area contributed by atoms with Crippen LogP contribution >= 0.6 is 0 Å². The average Bonchev–Trinajstić information content (AvgIpc) is 2.70. The van der Waals surface area contributed by atoms with E-state index in [1.807, 2.05) is 0 Å². The Hall–Kier alpha value is -0.800. The molecule has 0 saturated carbocycles. The predicted octanol–water partition coefficient (Wildman–Crippen LogP) is 2.64. The fourth-order valence-corrected chi connectivity index (χ4v) is 2.83. The van der Waals surface area contributed by atoms with Crippen LogP contribution in [0, 0.1) is 0 Å². The molecule has 0 bridgehead atoms. The molecule has 1 aromatic heterocycles. The molecule has 3 heteroatoms. The third-order valence-corrected chi connectivity index (χ3v) is 3.78. The molecule has 0 saturated heterocycles. The van der Waals surface area contributed by atoms with Crippen molar-refractivity contribution >= 4 is 0 Å². The van der Waals surface area contributed by atoms with Gasteiger partial charge in [0.2, 0.25) is 0 Å². The molecule has 1 aliphatic carbocycles. The molecule has 0 radical (unpaired) electrons. The Balaban J connectivity index is 2.09. The van der Waals surface area contributed by atoms with Gasteiger partial charge in [-0.05, 0) is 49.8 Å². The highest BCUT2D eigenvalue weighted by atomic mass is 16.3. The number of hydrogen-bond acceptors (Lipinski definition) is 2. The Morgan fingerprint density at radius 3 is 3.06 bits per heavy atom. The first-order chi connectivity index (χ1) is 8.85. The van der Waals surface area contributed by atoms with Gasteiger partial charge in [-0.15, -0.1) is 0 Å². The standard InChI is InChI=1S/C15H26N2O/c1-2-8-16-15-7-4-3-6-13-11-17(9-5-10-18)12-14(13)15/h11-12,15-16,18H,2-10H2,1H3. The highest BCUT2D eigenvalue weighted by Gasteiger charge is 2.19. The lowest BCUT2D eigenvalue weighted by atomic mass is 10.0. The Kier molecular flexibility index (Phi) is 5.26. The van der Waals surface area contributed by atoms with Crippen LogP contribution in [0.25, 0.3) is 0 Å². The van der Waals surface area contributed by atoms with Crippen LogP contribution in [0.1, 0.15) is 56.2 Å². The largest absolute Gasteiger partial charge is 0.396 e. The molecule has 18 heavy (non-hydrogen) atoms. The zero-order chi connectivity index (χ0) is 12.8. The van der Waals surface area contributed by atoms with Crippen LogP contribution in [-0.2, 0) is 13.0 Å². The highest BCUT2D eigenvalue weighted by molar-refractivity contribution is 5.29. The minimum absolute atomic E-state index is 0.278. The molecule has 0 aliphatic heterocycles. The van der Waals surface area contributed by atoms with Crippen LogP contribution in [0.4, 0.5) is 0 Å². The zero-order valence-corrected chi connectivity index (χ0v) is 11.5. The second kappa shape index (κ2) is 6.95. The summed E-state index contributed by atoms with van der Waals surface area (Å²) in [4.78, 5) is 0. The van der Waals surface area contributed by atoms with Gasteiger partial charge in [0.05, 0.1) is 0 Å². The molecule has 1 atom stereocenters. The fraction of sp³-hybridized carbons (Fsp3) is 0.733. The number of nitrogens with zero attached hydrogens (tertiary/aromatic N) is 1. The summed E-state index contributed by atoms with van der Waals surface area (Å²) in [5.74, 6) is 0. The van der Waals surface area contributed by atoms with Crippen LogP contribution < -0.4 is 5.32 Å². The molecule has 2 rings (SSSR count). The van der Waals surface area contributed by atoms with Crippen molar-refractivity contribution in [3.05, 3.63) is 23.5 Å². The van der Waals surface area contributed by atoms with Crippen molar-refractivity contribution in [2.45, 2.75) is 58.0 Å². The van der Waals surface area contributed by atoms with Crippen molar-refractivity contribution in [3.8, 4) is 0 Å². The van der Waals surface area contributed by atoms with Crippen LogP contribution in [0.3, 0.4) is 0 Å². The summed E-state index contributed by atoms with van der Waals surface area (Å²) in [7, 11) is 0. The molecule has 2 N–H and O–H groups in total. The molecule has 3 nitrogen and oxygen atoms in total. The summed E-state index contributed by atoms with van der Waals surface area (Å²) in [6.07, 6.45) is 11.7. The van der Waals surface area contributed by atoms with Crippen molar-refractivity contribution < 1.29 is 5.11 Å². The van der Waals surface area contributed by atoms with E-state index in [0.717, 1.165) is 19.5 Å². The number of aromatic nitrogens is 1. The fourth-order valence-electron chi connectivity index (χ4n) is 2.83. The Labute approximate surface area is 110 Å². The first-order valence-electron chi connectivity index (χ1n) is 7.38. The number of aliphatic hydroxyl groups excluding tert-OH is 1. The van der Waals surface area contributed by atoms with Gasteiger partial charge in [0.15, 0.2) is 0 Å². The smallest absolute Gasteiger partial charge is 0.0448 e. The highest BCUT2D eigenvalue weighted by Crippen LogP contribution is 2.29. The summed E-state index contributed by atoms with van der Waals surface area (Å²) in [5.41, 5.74) is 3.01. The van der Waals surface area contributed by atoms with Crippen molar-refractivity contribution in [2.24, 2.45) is 0 Å². The second-order valence-electron chi connectivity index (χ2n) is 5.31. The average molecular weight is 250 g/mol. The lowest BCUT2D eigenvalue weighted by molar-refractivity contribution is 0.280. The number of fused-ring (bicyclic) bond motifs is 1. The SMILES string of the molecule is CCCNC1CCCCc2cn(CCCO)cc21. The van der Waals surface area contributed by atoms with E-state index in [-0.39, 0.29) is 6.61 Å². The van der Waals surface area contributed by atoms with Crippen LogP contribution in [0.5, 0.6) is 0 Å². The van der Waals surface area contributed by atoms with Gasteiger partial charge in [0.25, 0.3) is 0 Å². The summed E-state index contributed by atoms with van der Waals surface area (Å²) < 4.78 is 2.26. The van der Waals surface area contributed by atoms with E-state index in [4.69, 9.17) is 5.11 Å². The molecular formula is C15H26N2O. The van der Waals surface area contributed by atoms with Crippen molar-refractivity contribution in [1.29, 1.82) is 0 Å². The summed E-state index contributed by atoms with van der Waals surface area (Å²) in [5, 5.41) is 12.6. The Bertz CT molecular complexity index is 359. The van der Waals surface area contributed by atoms with E-state index in [2.05, 4.69) is 29.2 Å². The maximum Gasteiger partial charge on any atom is 0.0448 e. The van der Waals surface area contributed by atoms with Gasteiger partial charge in [-0.3, -0.25) is 0 Å². The van der Waals surface area contributed by atoms with E-state index in [1.54, 1.807) is 0 Å². The Morgan fingerprint density at radius 2 is 2.28 bits per heavy atom. The van der Waals surface area contributed by atoms with Crippen molar-refractivity contribution in [1.82, 2.24) is 9.88 Å². The van der Waals surface area contributed by atoms with Gasteiger partial charge in [-0.25, -0.2) is 0 Å². The van der Waals surface area contributed by atoms with Crippen LogP contribution in [0.2, 0.25) is 0 Å². The lowest BCUT2D eigenvalue weighted by Crippen LogP contribution is -2.21. The molecule has 0 spiro atoms. The van der Waals surface area contributed by atoms with Crippen LogP contribution in [-0.4, -0.2) is 22.8 Å². The number of rotatable bonds is 6. The van der Waals surface area contributed by atoms with E-state index in [1.165, 1.54) is 43.2 Å². The Morgan fingerprint density at radius 1 is 1.39 bits per heavy atom. The second-order valence-corrected chi connectivity index (χ2v) is 5.31. The quantitative estimate of drug-likeness (QED) is 0.762. The minimum Gasteiger partial charge on any atom is -0.396 e. The minimum atomic E-state index is 0.278. The van der Waals surface area contributed by atoms with E-state index >= 15 is 0 Å². The van der Waals surface area contributed by atoms with Gasteiger partial charge in [0.1, 0.15) is 0 Å². The predicted molar refractivity (Wildman–Crippen MR) is 74.7 cm³/mol. The topological polar surface area (TPSA) is 37.2 Å². The number of nitrogens with one attached hydrogen (secondary N) is 1. The third kappa shape index (κ3) is 3.36. The molecule has 1 unspecified atom stereocenters.